The van der Waals surface area contributed by atoms with Crippen molar-refractivity contribution in [2.45, 2.75) is 77.5 Å². The van der Waals surface area contributed by atoms with Crippen LogP contribution in [0.4, 0.5) is 4.39 Å². The summed E-state index contributed by atoms with van der Waals surface area (Å²) in [6.45, 7) is 3.77. The number of esters is 1. The molecule has 0 radical (unpaired) electrons. The van der Waals surface area contributed by atoms with Crippen molar-refractivity contribution in [2.24, 2.45) is 28.6 Å². The Balaban J connectivity index is 1.65. The molecule has 25 heavy (non-hydrogen) atoms. The maximum atomic E-state index is 13.9. The van der Waals surface area contributed by atoms with E-state index in [0.29, 0.717) is 37.0 Å². The third-order valence-electron chi connectivity index (χ3n) is 8.08. The zero-order chi connectivity index (χ0) is 17.8. The summed E-state index contributed by atoms with van der Waals surface area (Å²) in [6.07, 6.45) is 9.13. The van der Waals surface area contributed by atoms with Crippen molar-refractivity contribution in [3.8, 4) is 0 Å². The lowest BCUT2D eigenvalue weighted by atomic mass is 9.48. The summed E-state index contributed by atoms with van der Waals surface area (Å²) in [5, 5.41) is 0. The fourth-order valence-electron chi connectivity index (χ4n) is 6.89. The van der Waals surface area contributed by atoms with E-state index in [4.69, 9.17) is 4.74 Å². The molecule has 0 N–H and O–H groups in total. The lowest BCUT2D eigenvalue weighted by Crippen LogP contribution is -2.53. The van der Waals surface area contributed by atoms with Crippen LogP contribution in [0.25, 0.3) is 0 Å². The van der Waals surface area contributed by atoms with Gasteiger partial charge in [-0.05, 0) is 62.7 Å². The van der Waals surface area contributed by atoms with E-state index >= 15 is 0 Å². The highest BCUT2D eigenvalue weighted by Gasteiger charge is 2.60. The van der Waals surface area contributed by atoms with Crippen LogP contribution in [0.5, 0.6) is 0 Å². The molecule has 0 unspecified atom stereocenters. The van der Waals surface area contributed by atoms with Crippen LogP contribution in [0.3, 0.4) is 0 Å². The van der Waals surface area contributed by atoms with Crippen LogP contribution in [-0.4, -0.2) is 24.5 Å². The van der Waals surface area contributed by atoms with E-state index in [1.165, 1.54) is 6.92 Å². The van der Waals surface area contributed by atoms with Crippen molar-refractivity contribution in [3.05, 3.63) is 11.6 Å². The SMILES string of the molecule is CC(=O)O[C@H]1CC[C@H]2[C@@H]3CC=C4C[C@H](F)CC[C@]4(C=O)[C@H]3CC[C@]12C. The highest BCUT2D eigenvalue weighted by molar-refractivity contribution is 5.67. The molecule has 4 rings (SSSR count). The van der Waals surface area contributed by atoms with E-state index in [2.05, 4.69) is 13.0 Å². The molecule has 4 aliphatic rings. The van der Waals surface area contributed by atoms with E-state index in [9.17, 15) is 14.0 Å². The van der Waals surface area contributed by atoms with Gasteiger partial charge in [0.05, 0.1) is 5.41 Å². The summed E-state index contributed by atoms with van der Waals surface area (Å²) in [5.41, 5.74) is 0.673. The van der Waals surface area contributed by atoms with Crippen LogP contribution < -0.4 is 0 Å². The molecule has 0 aliphatic heterocycles. The second-order valence-electron chi connectivity index (χ2n) is 9.06. The second kappa shape index (κ2) is 5.92. The Morgan fingerprint density at radius 3 is 2.76 bits per heavy atom. The van der Waals surface area contributed by atoms with Crippen LogP contribution in [0, 0.1) is 28.6 Å². The Morgan fingerprint density at radius 1 is 1.24 bits per heavy atom. The van der Waals surface area contributed by atoms with Gasteiger partial charge in [-0.2, -0.15) is 0 Å². The summed E-state index contributed by atoms with van der Waals surface area (Å²) in [7, 11) is 0. The number of hydrogen-bond acceptors (Lipinski definition) is 3. The van der Waals surface area contributed by atoms with Gasteiger partial charge >= 0.3 is 5.97 Å². The Kier molecular flexibility index (Phi) is 4.08. The van der Waals surface area contributed by atoms with E-state index in [-0.39, 0.29) is 17.5 Å². The molecule has 3 saturated carbocycles. The molecule has 3 fully saturated rings. The first-order valence-electron chi connectivity index (χ1n) is 9.88. The molecule has 0 aromatic carbocycles. The van der Waals surface area contributed by atoms with Crippen molar-refractivity contribution < 1.29 is 18.7 Å². The van der Waals surface area contributed by atoms with Gasteiger partial charge in [-0.15, -0.1) is 0 Å². The molecular weight excluding hydrogens is 319 g/mol. The topological polar surface area (TPSA) is 43.4 Å². The van der Waals surface area contributed by atoms with Crippen molar-refractivity contribution in [3.63, 3.8) is 0 Å². The van der Waals surface area contributed by atoms with E-state index in [1.54, 1.807) is 0 Å². The minimum atomic E-state index is -0.787. The van der Waals surface area contributed by atoms with E-state index in [1.807, 2.05) is 0 Å². The van der Waals surface area contributed by atoms with Gasteiger partial charge < -0.3 is 9.53 Å². The second-order valence-corrected chi connectivity index (χ2v) is 9.06. The maximum Gasteiger partial charge on any atom is 0.302 e. The third kappa shape index (κ3) is 2.43. The van der Waals surface area contributed by atoms with Crippen molar-refractivity contribution >= 4 is 12.3 Å². The van der Waals surface area contributed by atoms with Gasteiger partial charge in [0.2, 0.25) is 0 Å². The first-order chi connectivity index (χ1) is 11.9. The number of halogens is 1. The molecule has 138 valence electrons. The quantitative estimate of drug-likeness (QED) is 0.422. The molecule has 0 spiro atoms. The molecule has 7 atom stereocenters. The number of ether oxygens (including phenoxy) is 1. The predicted octanol–water partition coefficient (Wildman–Crippen LogP) is 4.40. The van der Waals surface area contributed by atoms with Crippen molar-refractivity contribution in [1.82, 2.24) is 0 Å². The van der Waals surface area contributed by atoms with Crippen LogP contribution in [0.1, 0.15) is 65.2 Å². The number of allylic oxidation sites excluding steroid dienone is 2. The number of aldehydes is 1. The van der Waals surface area contributed by atoms with Crippen LogP contribution >= 0.6 is 0 Å². The maximum absolute atomic E-state index is 13.9. The minimum absolute atomic E-state index is 0.00934. The van der Waals surface area contributed by atoms with Gasteiger partial charge in [-0.1, -0.05) is 18.6 Å². The number of carbonyl (C=O) groups excluding carboxylic acids is 2. The normalized spacial score (nSPS) is 48.6. The van der Waals surface area contributed by atoms with Gasteiger partial charge in [0, 0.05) is 18.8 Å². The molecule has 4 aliphatic carbocycles. The van der Waals surface area contributed by atoms with Gasteiger partial charge in [0.1, 0.15) is 18.6 Å². The zero-order valence-corrected chi connectivity index (χ0v) is 15.3. The summed E-state index contributed by atoms with van der Waals surface area (Å²) in [6, 6.07) is 0. The molecular formula is C21H29FO3. The van der Waals surface area contributed by atoms with Crippen LogP contribution in [0.15, 0.2) is 11.6 Å². The van der Waals surface area contributed by atoms with E-state index < -0.39 is 11.6 Å². The number of rotatable bonds is 2. The summed E-state index contributed by atoms with van der Waals surface area (Å²) >= 11 is 0. The molecule has 0 amide bonds. The first kappa shape index (κ1) is 17.2. The molecule has 3 nitrogen and oxygen atoms in total. The molecule has 0 saturated heterocycles. The average Bonchev–Trinajstić information content (AvgIpc) is 2.90. The Morgan fingerprint density at radius 2 is 2.04 bits per heavy atom. The number of hydrogen-bond donors (Lipinski definition) is 0. The Hall–Kier alpha value is -1.19. The first-order valence-corrected chi connectivity index (χ1v) is 9.88. The summed E-state index contributed by atoms with van der Waals surface area (Å²) < 4.78 is 19.6. The Labute approximate surface area is 149 Å². The molecule has 0 bridgehead atoms. The lowest BCUT2D eigenvalue weighted by Gasteiger charge is -2.56. The van der Waals surface area contributed by atoms with Crippen molar-refractivity contribution in [2.75, 3.05) is 0 Å². The molecule has 0 heterocycles. The fourth-order valence-corrected chi connectivity index (χ4v) is 6.89. The zero-order valence-electron chi connectivity index (χ0n) is 15.3. The highest BCUT2D eigenvalue weighted by atomic mass is 19.1. The number of fused-ring (bicyclic) bond motifs is 5. The summed E-state index contributed by atoms with van der Waals surface area (Å²) in [4.78, 5) is 23.7. The van der Waals surface area contributed by atoms with E-state index in [0.717, 1.165) is 44.0 Å². The molecule has 4 heteroatoms. The number of carbonyl (C=O) groups is 2. The molecule has 0 aromatic heterocycles. The summed E-state index contributed by atoms with van der Waals surface area (Å²) in [5.74, 6) is 1.11. The monoisotopic (exact) mass is 348 g/mol. The third-order valence-corrected chi connectivity index (χ3v) is 8.08. The highest BCUT2D eigenvalue weighted by Crippen LogP contribution is 2.64. The smallest absolute Gasteiger partial charge is 0.302 e. The molecule has 0 aromatic rings. The van der Waals surface area contributed by atoms with Gasteiger partial charge in [0.15, 0.2) is 0 Å². The largest absolute Gasteiger partial charge is 0.462 e. The predicted molar refractivity (Wildman–Crippen MR) is 92.5 cm³/mol. The Bertz CT molecular complexity index is 614. The standard InChI is InChI=1S/C21H29FO3/c1-13(24)25-19-6-5-17-16-4-3-14-11-15(22)7-10-21(14,12-23)18(16)8-9-20(17,19)2/h3,12,15-19H,4-11H2,1-2H3/t15-,16+,17+,18+,19+,20+,21-/m1/s1. The number of alkyl halides is 1. The van der Waals surface area contributed by atoms with Gasteiger partial charge in [0.25, 0.3) is 0 Å². The fraction of sp³-hybridized carbons (Fsp3) is 0.810. The lowest BCUT2D eigenvalue weighted by molar-refractivity contribution is -0.157. The van der Waals surface area contributed by atoms with Crippen molar-refractivity contribution in [1.29, 1.82) is 0 Å². The van der Waals surface area contributed by atoms with Gasteiger partial charge in [-0.3, -0.25) is 4.79 Å². The van der Waals surface area contributed by atoms with Gasteiger partial charge in [-0.25, -0.2) is 4.39 Å². The van der Waals surface area contributed by atoms with Crippen LogP contribution in [-0.2, 0) is 14.3 Å². The van der Waals surface area contributed by atoms with Crippen LogP contribution in [0.2, 0.25) is 0 Å². The average molecular weight is 348 g/mol. The minimum Gasteiger partial charge on any atom is -0.462 e.